The summed E-state index contributed by atoms with van der Waals surface area (Å²) in [5.41, 5.74) is 0. The zero-order chi connectivity index (χ0) is 11.0. The minimum absolute atomic E-state index is 0.00297. The van der Waals surface area contributed by atoms with Gasteiger partial charge in [0.05, 0.1) is 0 Å². The molecule has 0 radical (unpaired) electrons. The van der Waals surface area contributed by atoms with Crippen molar-refractivity contribution in [3.05, 3.63) is 0 Å². The molecule has 4 nitrogen and oxygen atoms in total. The van der Waals surface area contributed by atoms with Crippen LogP contribution >= 0.6 is 0 Å². The van der Waals surface area contributed by atoms with Crippen molar-refractivity contribution in [2.75, 3.05) is 19.4 Å². The molecule has 0 bridgehead atoms. The van der Waals surface area contributed by atoms with Gasteiger partial charge in [-0.2, -0.15) is 0 Å². The van der Waals surface area contributed by atoms with Gasteiger partial charge in [-0.25, -0.2) is 0 Å². The smallest absolute Gasteiger partial charge is 0.220 e. The molecule has 0 aromatic rings. The summed E-state index contributed by atoms with van der Waals surface area (Å²) in [6.45, 7) is 2.42. The molecule has 5 heteroatoms. The van der Waals surface area contributed by atoms with Crippen LogP contribution in [0.3, 0.4) is 0 Å². The van der Waals surface area contributed by atoms with Gasteiger partial charge >= 0.3 is 0 Å². The second-order valence-corrected chi connectivity index (χ2v) is 5.10. The normalized spacial score (nSPS) is 14.8. The first-order valence-electron chi connectivity index (χ1n) is 4.77. The molecule has 1 amide bonds. The quantitative estimate of drug-likeness (QED) is 0.596. The van der Waals surface area contributed by atoms with Crippen LogP contribution in [0.1, 0.15) is 26.2 Å². The number of nitrogens with one attached hydrogen (secondary N) is 1. The number of carbonyl (C=O) groups is 1. The maximum absolute atomic E-state index is 11.2. The molecule has 2 N–H and O–H groups in total. The van der Waals surface area contributed by atoms with Gasteiger partial charge in [0, 0.05) is 41.9 Å². The Balaban J connectivity index is 3.48. The molecular formula is C9H19NO3S. The molecular weight excluding hydrogens is 202 g/mol. The monoisotopic (exact) mass is 221 g/mol. The molecule has 0 aromatic heterocycles. The lowest BCUT2D eigenvalue weighted by molar-refractivity contribution is -0.121. The Morgan fingerprint density at radius 3 is 2.64 bits per heavy atom. The number of carbonyl (C=O) groups excluding carboxylic acids is 1. The van der Waals surface area contributed by atoms with Gasteiger partial charge < -0.3 is 10.4 Å². The first-order chi connectivity index (χ1) is 6.57. The highest BCUT2D eigenvalue weighted by molar-refractivity contribution is 7.84. The maximum atomic E-state index is 11.2. The third-order valence-electron chi connectivity index (χ3n) is 1.97. The van der Waals surface area contributed by atoms with E-state index in [0.29, 0.717) is 25.8 Å². The molecule has 0 aliphatic heterocycles. The summed E-state index contributed by atoms with van der Waals surface area (Å²) in [6, 6.07) is 0. The number of aliphatic hydroxyl groups is 1. The maximum Gasteiger partial charge on any atom is 0.220 e. The Labute approximate surface area is 87.5 Å². The van der Waals surface area contributed by atoms with Gasteiger partial charge in [0.25, 0.3) is 0 Å². The van der Waals surface area contributed by atoms with E-state index in [1.807, 2.05) is 6.92 Å². The summed E-state index contributed by atoms with van der Waals surface area (Å²) in [7, 11) is -0.889. The molecule has 2 atom stereocenters. The van der Waals surface area contributed by atoms with E-state index in [9.17, 15) is 9.00 Å². The summed E-state index contributed by atoms with van der Waals surface area (Å²) >= 11 is 0. The van der Waals surface area contributed by atoms with Crippen molar-refractivity contribution < 1.29 is 14.1 Å². The second-order valence-electron chi connectivity index (χ2n) is 3.29. The van der Waals surface area contributed by atoms with Crippen molar-refractivity contribution in [3.63, 3.8) is 0 Å². The van der Waals surface area contributed by atoms with Gasteiger partial charge in [-0.15, -0.1) is 0 Å². The van der Waals surface area contributed by atoms with Crippen LogP contribution in [0.4, 0.5) is 0 Å². The van der Waals surface area contributed by atoms with Crippen LogP contribution in [0.2, 0.25) is 0 Å². The van der Waals surface area contributed by atoms with E-state index >= 15 is 0 Å². The van der Waals surface area contributed by atoms with Gasteiger partial charge in [-0.05, 0) is 19.8 Å². The van der Waals surface area contributed by atoms with Crippen LogP contribution in [0.15, 0.2) is 0 Å². The SMILES string of the molecule is CC(CNC(=O)CCCCO)S(C)=O. The molecule has 84 valence electrons. The zero-order valence-corrected chi connectivity index (χ0v) is 9.60. The highest BCUT2D eigenvalue weighted by Crippen LogP contribution is 1.95. The number of hydrogen-bond donors (Lipinski definition) is 2. The van der Waals surface area contributed by atoms with Crippen LogP contribution in [0, 0.1) is 0 Å². The Kier molecular flexibility index (Phi) is 7.70. The summed E-state index contributed by atoms with van der Waals surface area (Å²) in [5.74, 6) is -0.0317. The molecule has 0 aliphatic rings. The number of hydrogen-bond acceptors (Lipinski definition) is 3. The summed E-state index contributed by atoms with van der Waals surface area (Å²) in [6.07, 6.45) is 3.42. The van der Waals surface area contributed by atoms with E-state index in [-0.39, 0.29) is 17.8 Å². The fraction of sp³-hybridized carbons (Fsp3) is 0.889. The Morgan fingerprint density at radius 1 is 1.50 bits per heavy atom. The van der Waals surface area contributed by atoms with Gasteiger partial charge in [-0.1, -0.05) is 0 Å². The first kappa shape index (κ1) is 13.6. The minimum Gasteiger partial charge on any atom is -0.396 e. The number of amides is 1. The average Bonchev–Trinajstić information content (AvgIpc) is 2.14. The Bertz CT molecular complexity index is 196. The third kappa shape index (κ3) is 7.03. The first-order valence-corrected chi connectivity index (χ1v) is 6.39. The van der Waals surface area contributed by atoms with Crippen molar-refractivity contribution in [1.82, 2.24) is 5.32 Å². The van der Waals surface area contributed by atoms with Gasteiger partial charge in [0.2, 0.25) is 5.91 Å². The topological polar surface area (TPSA) is 66.4 Å². The lowest BCUT2D eigenvalue weighted by Crippen LogP contribution is -2.32. The molecule has 0 rings (SSSR count). The molecule has 0 saturated heterocycles. The lowest BCUT2D eigenvalue weighted by atomic mass is 10.2. The van der Waals surface area contributed by atoms with E-state index in [4.69, 9.17) is 5.11 Å². The summed E-state index contributed by atoms with van der Waals surface area (Å²) < 4.78 is 10.9. The number of unbranched alkanes of at least 4 members (excludes halogenated alkanes) is 1. The van der Waals surface area contributed by atoms with Crippen LogP contribution in [-0.2, 0) is 15.6 Å². The summed E-state index contributed by atoms with van der Waals surface area (Å²) in [4.78, 5) is 11.2. The fourth-order valence-electron chi connectivity index (χ4n) is 0.861. The molecule has 0 aliphatic carbocycles. The van der Waals surface area contributed by atoms with E-state index in [1.165, 1.54) is 0 Å². The van der Waals surface area contributed by atoms with Crippen molar-refractivity contribution in [2.24, 2.45) is 0 Å². The predicted molar refractivity (Wildman–Crippen MR) is 57.5 cm³/mol. The molecule has 0 spiro atoms. The van der Waals surface area contributed by atoms with Gasteiger partial charge in [-0.3, -0.25) is 9.00 Å². The zero-order valence-electron chi connectivity index (χ0n) is 8.78. The van der Waals surface area contributed by atoms with Crippen LogP contribution < -0.4 is 5.32 Å². The molecule has 0 heterocycles. The van der Waals surface area contributed by atoms with Crippen molar-refractivity contribution in [3.8, 4) is 0 Å². The van der Waals surface area contributed by atoms with E-state index < -0.39 is 10.8 Å². The van der Waals surface area contributed by atoms with Crippen LogP contribution in [-0.4, -0.2) is 39.9 Å². The van der Waals surface area contributed by atoms with Crippen molar-refractivity contribution >= 4 is 16.7 Å². The van der Waals surface area contributed by atoms with Crippen LogP contribution in [0.25, 0.3) is 0 Å². The van der Waals surface area contributed by atoms with E-state index in [2.05, 4.69) is 5.32 Å². The van der Waals surface area contributed by atoms with Crippen molar-refractivity contribution in [2.45, 2.75) is 31.4 Å². The van der Waals surface area contributed by atoms with Crippen LogP contribution in [0.5, 0.6) is 0 Å². The number of rotatable bonds is 7. The second kappa shape index (κ2) is 7.94. The van der Waals surface area contributed by atoms with Crippen molar-refractivity contribution in [1.29, 1.82) is 0 Å². The average molecular weight is 221 g/mol. The Hall–Kier alpha value is -0.420. The third-order valence-corrected chi connectivity index (χ3v) is 3.27. The number of aliphatic hydroxyl groups excluding tert-OH is 1. The lowest BCUT2D eigenvalue weighted by Gasteiger charge is -2.09. The molecule has 14 heavy (non-hydrogen) atoms. The molecule has 0 saturated carbocycles. The molecule has 2 unspecified atom stereocenters. The van der Waals surface area contributed by atoms with E-state index in [0.717, 1.165) is 0 Å². The minimum atomic E-state index is -0.889. The standard InChI is InChI=1S/C9H19NO3S/c1-8(14(2)13)7-10-9(12)5-3-4-6-11/h8,11H,3-7H2,1-2H3,(H,10,12). The largest absolute Gasteiger partial charge is 0.396 e. The van der Waals surface area contributed by atoms with Gasteiger partial charge in [0.1, 0.15) is 0 Å². The molecule has 0 fully saturated rings. The van der Waals surface area contributed by atoms with Gasteiger partial charge in [0.15, 0.2) is 0 Å². The Morgan fingerprint density at radius 2 is 2.14 bits per heavy atom. The highest BCUT2D eigenvalue weighted by Gasteiger charge is 2.07. The predicted octanol–water partition coefficient (Wildman–Crippen LogP) is 0.0322. The molecule has 0 aromatic carbocycles. The van der Waals surface area contributed by atoms with E-state index in [1.54, 1.807) is 6.26 Å². The summed E-state index contributed by atoms with van der Waals surface area (Å²) in [5, 5.41) is 11.2. The highest BCUT2D eigenvalue weighted by atomic mass is 32.2. The fourth-order valence-corrected chi connectivity index (χ4v) is 1.18.